The predicted octanol–water partition coefficient (Wildman–Crippen LogP) is 4.37. The van der Waals surface area contributed by atoms with Gasteiger partial charge in [-0.2, -0.15) is 0 Å². The molecule has 1 aliphatic carbocycles. The second kappa shape index (κ2) is 9.88. The van der Waals surface area contributed by atoms with Gasteiger partial charge in [-0.15, -0.1) is 0 Å². The first-order chi connectivity index (χ1) is 13.3. The Bertz CT molecular complexity index is 609. The van der Waals surface area contributed by atoms with E-state index in [1.807, 2.05) is 0 Å². The van der Waals surface area contributed by atoms with Crippen molar-refractivity contribution in [2.24, 2.45) is 0 Å². The molecule has 1 aliphatic heterocycles. The van der Waals surface area contributed by atoms with Crippen molar-refractivity contribution in [3.05, 3.63) is 35.4 Å². The molecule has 28 heavy (non-hydrogen) atoms. The van der Waals surface area contributed by atoms with Crippen LogP contribution in [0, 0.1) is 11.6 Å². The summed E-state index contributed by atoms with van der Waals surface area (Å²) >= 11 is 0. The van der Waals surface area contributed by atoms with Crippen LogP contribution < -0.4 is 10.6 Å². The number of nitrogens with one attached hydrogen (secondary N) is 2. The number of halogens is 2. The monoisotopic (exact) mass is 414 g/mol. The van der Waals surface area contributed by atoms with E-state index in [0.717, 1.165) is 56.3 Å². The minimum atomic E-state index is -0.554. The summed E-state index contributed by atoms with van der Waals surface area (Å²) in [4.78, 5) is 0. The Balaban J connectivity index is 1.45. The van der Waals surface area contributed by atoms with E-state index in [-0.39, 0.29) is 12.0 Å². The van der Waals surface area contributed by atoms with Gasteiger partial charge in [-0.05, 0) is 87.5 Å². The first kappa shape index (κ1) is 22.0. The maximum Gasteiger partial charge on any atom is 0.126 e. The molecule has 1 aromatic carbocycles. The van der Waals surface area contributed by atoms with Crippen LogP contribution in [-0.2, 0) is 4.74 Å². The number of benzene rings is 1. The van der Waals surface area contributed by atoms with Crippen molar-refractivity contribution < 1.29 is 13.5 Å². The van der Waals surface area contributed by atoms with E-state index in [9.17, 15) is 8.78 Å². The Morgan fingerprint density at radius 3 is 2.36 bits per heavy atom. The molecule has 1 saturated heterocycles. The maximum absolute atomic E-state index is 13.5. The van der Waals surface area contributed by atoms with E-state index in [4.69, 9.17) is 4.74 Å². The average molecular weight is 415 g/mol. The van der Waals surface area contributed by atoms with Crippen LogP contribution in [0.2, 0.25) is 0 Å². The number of piperidine rings is 1. The standard InChI is InChI=1S/C22H36F2N2OS/c1-28(2,3)15-26-21-5-4-10-25-22(21)14-27-20-8-6-16(7-9-20)17-11-18(23)13-19(24)12-17/h11-13,16,20-22,25-26H,4-10,14-15H2,1-3H3/t16?,20?,21-,22-/m0/s1. The lowest BCUT2D eigenvalue weighted by atomic mass is 9.82. The zero-order valence-corrected chi connectivity index (χ0v) is 18.3. The maximum atomic E-state index is 13.5. The Hall–Kier alpha value is -0.690. The summed E-state index contributed by atoms with van der Waals surface area (Å²) in [5.41, 5.74) is 0.791. The second-order valence-corrected chi connectivity index (χ2v) is 13.7. The summed E-state index contributed by atoms with van der Waals surface area (Å²) in [6.07, 6.45) is 13.5. The van der Waals surface area contributed by atoms with Crippen molar-refractivity contribution >= 4 is 10.0 Å². The lowest BCUT2D eigenvalue weighted by Gasteiger charge is -2.37. The third-order valence-electron chi connectivity index (χ3n) is 5.90. The smallest absolute Gasteiger partial charge is 0.126 e. The minimum Gasteiger partial charge on any atom is -0.377 e. The van der Waals surface area contributed by atoms with Crippen LogP contribution in [0.25, 0.3) is 0 Å². The Labute approximate surface area is 170 Å². The van der Waals surface area contributed by atoms with Crippen LogP contribution >= 0.6 is 10.0 Å². The molecule has 1 saturated carbocycles. The fraction of sp³-hybridized carbons (Fsp3) is 0.727. The highest BCUT2D eigenvalue weighted by atomic mass is 32.3. The summed E-state index contributed by atoms with van der Waals surface area (Å²) in [5, 5.41) is 7.39. The van der Waals surface area contributed by atoms with Gasteiger partial charge in [0.25, 0.3) is 0 Å². The quantitative estimate of drug-likeness (QED) is 0.695. The molecule has 0 bridgehead atoms. The topological polar surface area (TPSA) is 33.3 Å². The number of hydrogen-bond acceptors (Lipinski definition) is 3. The molecule has 6 heteroatoms. The average Bonchev–Trinajstić information content (AvgIpc) is 2.64. The summed E-state index contributed by atoms with van der Waals surface area (Å²) in [5.74, 6) is 0.368. The molecule has 1 aromatic rings. The highest BCUT2D eigenvalue weighted by Crippen LogP contribution is 2.35. The van der Waals surface area contributed by atoms with Crippen molar-refractivity contribution in [2.45, 2.75) is 62.6 Å². The molecule has 160 valence electrons. The molecule has 2 atom stereocenters. The van der Waals surface area contributed by atoms with Crippen LogP contribution in [0.1, 0.15) is 50.0 Å². The molecular formula is C22H36F2N2OS. The van der Waals surface area contributed by atoms with Gasteiger partial charge in [-0.1, -0.05) is 0 Å². The summed E-state index contributed by atoms with van der Waals surface area (Å²) in [6, 6.07) is 4.75. The van der Waals surface area contributed by atoms with Gasteiger partial charge in [0.1, 0.15) is 11.6 Å². The molecule has 2 N–H and O–H groups in total. The second-order valence-electron chi connectivity index (χ2n) is 9.26. The van der Waals surface area contributed by atoms with E-state index in [1.54, 1.807) is 0 Å². The van der Waals surface area contributed by atoms with Gasteiger partial charge < -0.3 is 15.4 Å². The fourth-order valence-corrected chi connectivity index (χ4v) is 5.06. The Kier molecular flexibility index (Phi) is 7.76. The number of rotatable bonds is 7. The molecule has 0 unspecified atom stereocenters. The van der Waals surface area contributed by atoms with Gasteiger partial charge in [0.05, 0.1) is 12.7 Å². The van der Waals surface area contributed by atoms with Crippen molar-refractivity contribution in [3.8, 4) is 0 Å². The highest BCUT2D eigenvalue weighted by molar-refractivity contribution is 8.32. The Morgan fingerprint density at radius 2 is 1.71 bits per heavy atom. The van der Waals surface area contributed by atoms with Crippen molar-refractivity contribution in [1.82, 2.24) is 10.6 Å². The van der Waals surface area contributed by atoms with Gasteiger partial charge in [0, 0.05) is 24.0 Å². The van der Waals surface area contributed by atoms with Gasteiger partial charge in [0.2, 0.25) is 0 Å². The van der Waals surface area contributed by atoms with Crippen LogP contribution in [0.4, 0.5) is 8.78 Å². The third kappa shape index (κ3) is 6.68. The predicted molar refractivity (Wildman–Crippen MR) is 115 cm³/mol. The lowest BCUT2D eigenvalue weighted by molar-refractivity contribution is 0.00412. The summed E-state index contributed by atoms with van der Waals surface area (Å²) < 4.78 is 33.2. The van der Waals surface area contributed by atoms with Crippen molar-refractivity contribution in [3.63, 3.8) is 0 Å². The van der Waals surface area contributed by atoms with Gasteiger partial charge >= 0.3 is 0 Å². The lowest BCUT2D eigenvalue weighted by Crippen LogP contribution is -2.54. The highest BCUT2D eigenvalue weighted by Gasteiger charge is 2.28. The van der Waals surface area contributed by atoms with Crippen molar-refractivity contribution in [1.29, 1.82) is 0 Å². The Morgan fingerprint density at radius 1 is 1.04 bits per heavy atom. The van der Waals surface area contributed by atoms with E-state index < -0.39 is 21.7 Å². The molecule has 0 amide bonds. The van der Waals surface area contributed by atoms with Crippen LogP contribution in [0.5, 0.6) is 0 Å². The molecule has 0 radical (unpaired) electrons. The van der Waals surface area contributed by atoms with E-state index >= 15 is 0 Å². The first-order valence-electron chi connectivity index (χ1n) is 10.5. The van der Waals surface area contributed by atoms with Crippen LogP contribution in [0.15, 0.2) is 18.2 Å². The number of hydrogen-bond donors (Lipinski definition) is 2. The third-order valence-corrected chi connectivity index (χ3v) is 6.94. The minimum absolute atomic E-state index is 0.238. The SMILES string of the molecule is CS(C)(C)CN[C@H]1CCCN[C@H]1COC1CCC(c2cc(F)cc(F)c2)CC1. The molecule has 3 nitrogen and oxygen atoms in total. The first-order valence-corrected chi connectivity index (χ1v) is 13.5. The number of ether oxygens (including phenoxy) is 1. The fourth-order valence-electron chi connectivity index (χ4n) is 4.34. The largest absolute Gasteiger partial charge is 0.377 e. The molecular weight excluding hydrogens is 378 g/mol. The van der Waals surface area contributed by atoms with E-state index in [1.165, 1.54) is 25.0 Å². The molecule has 2 aliphatic rings. The zero-order valence-electron chi connectivity index (χ0n) is 17.5. The van der Waals surface area contributed by atoms with Crippen LogP contribution in [-0.4, -0.2) is 56.0 Å². The van der Waals surface area contributed by atoms with Gasteiger partial charge in [0.15, 0.2) is 0 Å². The zero-order chi connectivity index (χ0) is 20.1. The summed E-state index contributed by atoms with van der Waals surface area (Å²) in [6.45, 7) is 1.80. The van der Waals surface area contributed by atoms with Crippen LogP contribution in [0.3, 0.4) is 0 Å². The summed E-state index contributed by atoms with van der Waals surface area (Å²) in [7, 11) is -0.554. The molecule has 3 rings (SSSR count). The van der Waals surface area contributed by atoms with Crippen molar-refractivity contribution in [2.75, 3.05) is 37.8 Å². The van der Waals surface area contributed by atoms with E-state index in [0.29, 0.717) is 12.1 Å². The molecule has 2 fully saturated rings. The molecule has 0 spiro atoms. The van der Waals surface area contributed by atoms with Gasteiger partial charge in [-0.25, -0.2) is 18.8 Å². The van der Waals surface area contributed by atoms with Gasteiger partial charge in [-0.3, -0.25) is 0 Å². The van der Waals surface area contributed by atoms with E-state index in [2.05, 4.69) is 29.4 Å². The molecule has 0 aromatic heterocycles. The molecule has 1 heterocycles. The normalized spacial score (nSPS) is 29.6.